The molecule has 1 heterocycles. The first kappa shape index (κ1) is 24.2. The van der Waals surface area contributed by atoms with Crippen LogP contribution in [0.5, 0.6) is 5.75 Å². The van der Waals surface area contributed by atoms with Crippen LogP contribution in [-0.4, -0.2) is 65.1 Å². The van der Waals surface area contributed by atoms with Gasteiger partial charge in [0, 0.05) is 27.2 Å². The van der Waals surface area contributed by atoms with Crippen LogP contribution in [0.1, 0.15) is 18.4 Å². The molecule has 0 aliphatic carbocycles. The van der Waals surface area contributed by atoms with Gasteiger partial charge in [-0.3, -0.25) is 4.79 Å². The number of hydrogen-bond acceptors (Lipinski definition) is 6. The van der Waals surface area contributed by atoms with Crippen molar-refractivity contribution in [3.05, 3.63) is 54.1 Å². The minimum Gasteiger partial charge on any atom is -0.497 e. The predicted molar refractivity (Wildman–Crippen MR) is 119 cm³/mol. The van der Waals surface area contributed by atoms with E-state index in [1.165, 1.54) is 42.7 Å². The molecule has 2 aromatic rings. The fraction of sp³-hybridized carbons (Fsp3) is 0.381. The largest absolute Gasteiger partial charge is 0.497 e. The lowest BCUT2D eigenvalue weighted by molar-refractivity contribution is -0.124. The minimum atomic E-state index is -3.96. The second-order valence-corrected chi connectivity index (χ2v) is 11.6. The highest BCUT2D eigenvalue weighted by Crippen LogP contribution is 2.27. The summed E-state index contributed by atoms with van der Waals surface area (Å²) in [4.78, 5) is 12.7. The van der Waals surface area contributed by atoms with E-state index in [1.54, 1.807) is 19.2 Å². The molecule has 0 bridgehead atoms. The van der Waals surface area contributed by atoms with Crippen molar-refractivity contribution in [2.24, 2.45) is 0 Å². The number of rotatable bonds is 8. The average molecular weight is 482 g/mol. The van der Waals surface area contributed by atoms with Crippen LogP contribution in [0.2, 0.25) is 0 Å². The van der Waals surface area contributed by atoms with E-state index in [0.717, 1.165) is 9.87 Å². The van der Waals surface area contributed by atoms with Crippen LogP contribution in [-0.2, 0) is 31.4 Å². The van der Waals surface area contributed by atoms with E-state index in [9.17, 15) is 21.6 Å². The first-order valence-corrected chi connectivity index (χ1v) is 12.9. The number of nitrogens with one attached hydrogen (secondary N) is 1. The third-order valence-corrected chi connectivity index (χ3v) is 9.09. The van der Waals surface area contributed by atoms with Gasteiger partial charge >= 0.3 is 0 Å². The minimum absolute atomic E-state index is 0.00310. The monoisotopic (exact) mass is 481 g/mol. The number of carbonyl (C=O) groups excluding carboxylic acids is 1. The van der Waals surface area contributed by atoms with E-state index in [2.05, 4.69) is 5.32 Å². The van der Waals surface area contributed by atoms with E-state index in [4.69, 9.17) is 4.74 Å². The number of sulfonamides is 2. The molecule has 0 radical (unpaired) electrons. The molecule has 1 atom stereocenters. The zero-order valence-corrected chi connectivity index (χ0v) is 19.8. The highest BCUT2D eigenvalue weighted by atomic mass is 32.2. The summed E-state index contributed by atoms with van der Waals surface area (Å²) in [6.45, 7) is 0.491. The molecule has 1 saturated heterocycles. The topological polar surface area (TPSA) is 113 Å². The molecular formula is C21H27N3O6S2. The maximum absolute atomic E-state index is 13.2. The van der Waals surface area contributed by atoms with Crippen molar-refractivity contribution >= 4 is 26.0 Å². The van der Waals surface area contributed by atoms with Gasteiger partial charge in [-0.2, -0.15) is 4.31 Å². The Kier molecular flexibility index (Phi) is 7.23. The van der Waals surface area contributed by atoms with Crippen molar-refractivity contribution in [1.29, 1.82) is 0 Å². The number of ether oxygens (including phenoxy) is 1. The van der Waals surface area contributed by atoms with E-state index >= 15 is 0 Å². The smallest absolute Gasteiger partial charge is 0.243 e. The number of methoxy groups -OCH3 is 1. The van der Waals surface area contributed by atoms with Crippen molar-refractivity contribution in [2.75, 3.05) is 27.7 Å². The Balaban J connectivity index is 1.73. The Labute approximate surface area is 189 Å². The summed E-state index contributed by atoms with van der Waals surface area (Å²) >= 11 is 0. The molecule has 0 spiro atoms. The number of benzene rings is 2. The maximum Gasteiger partial charge on any atom is 0.243 e. The molecule has 2 aromatic carbocycles. The molecule has 3 rings (SSSR count). The summed E-state index contributed by atoms with van der Waals surface area (Å²) < 4.78 is 58.1. The second-order valence-electron chi connectivity index (χ2n) is 7.60. The molecule has 32 heavy (non-hydrogen) atoms. The van der Waals surface area contributed by atoms with Crippen molar-refractivity contribution in [2.45, 2.75) is 35.2 Å². The summed E-state index contributed by atoms with van der Waals surface area (Å²) in [7, 11) is -3.25. The number of carbonyl (C=O) groups is 1. The van der Waals surface area contributed by atoms with Crippen LogP contribution in [0.3, 0.4) is 0 Å². The molecule has 1 fully saturated rings. The lowest BCUT2D eigenvalue weighted by Crippen LogP contribution is -2.45. The Hall–Kier alpha value is -2.47. The van der Waals surface area contributed by atoms with Gasteiger partial charge in [-0.15, -0.1) is 0 Å². The fourth-order valence-corrected chi connectivity index (χ4v) is 6.03. The molecular weight excluding hydrogens is 454 g/mol. The summed E-state index contributed by atoms with van der Waals surface area (Å²) in [5.74, 6) is 0.339. The van der Waals surface area contributed by atoms with Crippen LogP contribution < -0.4 is 10.1 Å². The van der Waals surface area contributed by atoms with Gasteiger partial charge in [0.05, 0.1) is 16.9 Å². The summed E-state index contributed by atoms with van der Waals surface area (Å²) in [5.41, 5.74) is 0.865. The Morgan fingerprint density at radius 3 is 2.19 bits per heavy atom. The van der Waals surface area contributed by atoms with Gasteiger partial charge in [0.1, 0.15) is 11.8 Å². The van der Waals surface area contributed by atoms with Gasteiger partial charge in [-0.05, 0) is 54.8 Å². The molecule has 1 aliphatic rings. The molecule has 11 heteroatoms. The molecule has 174 valence electrons. The van der Waals surface area contributed by atoms with Crippen LogP contribution in [0.15, 0.2) is 58.3 Å². The summed E-state index contributed by atoms with van der Waals surface area (Å²) in [6, 6.07) is 11.4. The summed E-state index contributed by atoms with van der Waals surface area (Å²) in [6.07, 6.45) is 0.980. The lowest BCUT2D eigenvalue weighted by atomic mass is 10.2. The van der Waals surface area contributed by atoms with Gasteiger partial charge in [-0.25, -0.2) is 21.1 Å². The fourth-order valence-electron chi connectivity index (χ4n) is 3.47. The first-order chi connectivity index (χ1) is 15.1. The van der Waals surface area contributed by atoms with Crippen molar-refractivity contribution < 1.29 is 26.4 Å². The number of amides is 1. The molecule has 0 aromatic heterocycles. The Morgan fingerprint density at radius 2 is 1.62 bits per heavy atom. The van der Waals surface area contributed by atoms with Gasteiger partial charge in [-0.1, -0.05) is 12.1 Å². The van der Waals surface area contributed by atoms with Gasteiger partial charge in [0.15, 0.2) is 0 Å². The molecule has 1 amide bonds. The lowest BCUT2D eigenvalue weighted by Gasteiger charge is -2.23. The third kappa shape index (κ3) is 4.96. The van der Waals surface area contributed by atoms with E-state index in [-0.39, 0.29) is 28.8 Å². The maximum atomic E-state index is 13.2. The van der Waals surface area contributed by atoms with Crippen LogP contribution in [0.25, 0.3) is 0 Å². The molecule has 0 unspecified atom stereocenters. The standard InChI is InChI=1S/C21H27N3O6S2/c1-23(2)31(26,27)18-10-12-19(13-11-18)32(28,29)24-14-4-5-20(24)21(25)22-15-16-6-8-17(30-3)9-7-16/h6-13,20H,4-5,14-15H2,1-3H3,(H,22,25)/t20-/m1/s1. The van der Waals surface area contributed by atoms with E-state index in [1.807, 2.05) is 12.1 Å². The molecule has 0 saturated carbocycles. The van der Waals surface area contributed by atoms with E-state index < -0.39 is 26.1 Å². The van der Waals surface area contributed by atoms with Gasteiger partial charge in [0.2, 0.25) is 26.0 Å². The number of nitrogens with zero attached hydrogens (tertiary/aromatic N) is 2. The zero-order valence-electron chi connectivity index (χ0n) is 18.2. The predicted octanol–water partition coefficient (Wildman–Crippen LogP) is 1.42. The number of hydrogen-bond donors (Lipinski definition) is 1. The average Bonchev–Trinajstić information content (AvgIpc) is 3.29. The van der Waals surface area contributed by atoms with Crippen molar-refractivity contribution in [3.8, 4) is 5.75 Å². The normalized spacial score (nSPS) is 17.4. The second kappa shape index (κ2) is 9.57. The quantitative estimate of drug-likeness (QED) is 0.610. The van der Waals surface area contributed by atoms with Crippen molar-refractivity contribution in [3.63, 3.8) is 0 Å². The van der Waals surface area contributed by atoms with Crippen LogP contribution in [0.4, 0.5) is 0 Å². The first-order valence-electron chi connectivity index (χ1n) is 10.0. The SMILES string of the molecule is COc1ccc(CNC(=O)[C@H]2CCCN2S(=O)(=O)c2ccc(S(=O)(=O)N(C)C)cc2)cc1. The highest BCUT2D eigenvalue weighted by Gasteiger charge is 2.39. The van der Waals surface area contributed by atoms with Gasteiger partial charge in [0.25, 0.3) is 0 Å². The Bertz CT molecular complexity index is 1160. The molecule has 9 nitrogen and oxygen atoms in total. The molecule has 1 N–H and O–H groups in total. The zero-order chi connectivity index (χ0) is 23.5. The third-order valence-electron chi connectivity index (χ3n) is 5.34. The Morgan fingerprint density at radius 1 is 1.03 bits per heavy atom. The van der Waals surface area contributed by atoms with Crippen LogP contribution in [0, 0.1) is 0 Å². The van der Waals surface area contributed by atoms with E-state index in [0.29, 0.717) is 18.6 Å². The molecule has 1 aliphatic heterocycles. The van der Waals surface area contributed by atoms with Crippen molar-refractivity contribution in [1.82, 2.24) is 13.9 Å². The van der Waals surface area contributed by atoms with Gasteiger partial charge < -0.3 is 10.1 Å². The van der Waals surface area contributed by atoms with Crippen LogP contribution >= 0.6 is 0 Å². The highest BCUT2D eigenvalue weighted by molar-refractivity contribution is 7.89. The summed E-state index contributed by atoms with van der Waals surface area (Å²) in [5, 5.41) is 2.80.